The van der Waals surface area contributed by atoms with Gasteiger partial charge in [0, 0.05) is 28.2 Å². The van der Waals surface area contributed by atoms with Crippen LogP contribution in [0.5, 0.6) is 0 Å². The summed E-state index contributed by atoms with van der Waals surface area (Å²) in [4.78, 5) is 12.7. The van der Waals surface area contributed by atoms with Crippen molar-refractivity contribution in [3.8, 4) is 16.9 Å². The molecule has 1 heterocycles. The van der Waals surface area contributed by atoms with Gasteiger partial charge in [0.1, 0.15) is 0 Å². The Bertz CT molecular complexity index is 974. The normalized spacial score (nSPS) is 11.5. The third-order valence-corrected chi connectivity index (χ3v) is 4.62. The monoisotopic (exact) mass is 411 g/mol. The van der Waals surface area contributed by atoms with Crippen LogP contribution >= 0.6 is 11.6 Å². The Hall–Kier alpha value is -2.63. The molecule has 0 saturated heterocycles. The first-order valence-corrected chi connectivity index (χ1v) is 10.0. The third-order valence-electron chi connectivity index (χ3n) is 4.37. The summed E-state index contributed by atoms with van der Waals surface area (Å²) in [6.07, 6.45) is 0. The molecule has 3 aromatic rings. The van der Waals surface area contributed by atoms with Crippen molar-refractivity contribution < 1.29 is 9.53 Å². The maximum absolute atomic E-state index is 12.7. The van der Waals surface area contributed by atoms with Crippen molar-refractivity contribution in [3.05, 3.63) is 70.9 Å². The molecule has 2 aromatic carbocycles. The topological polar surface area (TPSA) is 56.1 Å². The van der Waals surface area contributed by atoms with E-state index in [0.29, 0.717) is 23.9 Å². The highest BCUT2D eigenvalue weighted by Crippen LogP contribution is 2.30. The Morgan fingerprint density at radius 3 is 2.34 bits per heavy atom. The minimum absolute atomic E-state index is 0.123. The fraction of sp³-hybridized carbons (Fsp3) is 0.304. The SMILES string of the molecule is CCOC(=O)c1nn(-c2ccc(Cl)cc2)c(-c2ccccc2)c1CNC(C)(C)C. The van der Waals surface area contributed by atoms with Gasteiger partial charge in [-0.2, -0.15) is 5.10 Å². The standard InChI is InChI=1S/C23H26ClN3O2/c1-5-29-22(28)20-19(15-25-23(2,3)4)21(16-9-7-6-8-10-16)27(26-20)18-13-11-17(24)12-14-18/h6-14,25H,5,15H2,1-4H3. The number of halogens is 1. The number of hydrogen-bond donors (Lipinski definition) is 1. The second-order valence-corrected chi connectivity index (χ2v) is 8.19. The van der Waals surface area contributed by atoms with Gasteiger partial charge in [0.2, 0.25) is 0 Å². The summed E-state index contributed by atoms with van der Waals surface area (Å²) >= 11 is 6.07. The molecule has 0 fully saturated rings. The number of rotatable bonds is 6. The van der Waals surface area contributed by atoms with Gasteiger partial charge in [-0.05, 0) is 52.0 Å². The predicted octanol–water partition coefficient (Wildman–Crippen LogP) is 5.26. The lowest BCUT2D eigenvalue weighted by Gasteiger charge is -2.21. The Kier molecular flexibility index (Phi) is 6.40. The quantitative estimate of drug-likeness (QED) is 0.562. The number of nitrogens with one attached hydrogen (secondary N) is 1. The molecule has 0 aliphatic heterocycles. The van der Waals surface area contributed by atoms with Crippen LogP contribution in [0.1, 0.15) is 43.7 Å². The highest BCUT2D eigenvalue weighted by atomic mass is 35.5. The van der Waals surface area contributed by atoms with Crippen molar-refractivity contribution in [1.82, 2.24) is 15.1 Å². The van der Waals surface area contributed by atoms with Crippen molar-refractivity contribution in [2.45, 2.75) is 39.8 Å². The number of ether oxygens (including phenoxy) is 1. The molecule has 5 nitrogen and oxygen atoms in total. The van der Waals surface area contributed by atoms with Crippen LogP contribution in [0.25, 0.3) is 16.9 Å². The van der Waals surface area contributed by atoms with E-state index in [1.807, 2.05) is 54.6 Å². The van der Waals surface area contributed by atoms with Crippen LogP contribution in [-0.2, 0) is 11.3 Å². The van der Waals surface area contributed by atoms with Gasteiger partial charge in [0.05, 0.1) is 18.0 Å². The molecular formula is C23H26ClN3O2. The molecule has 0 radical (unpaired) electrons. The Labute approximate surface area is 176 Å². The first-order chi connectivity index (χ1) is 13.8. The van der Waals surface area contributed by atoms with E-state index in [4.69, 9.17) is 16.3 Å². The second kappa shape index (κ2) is 8.80. The van der Waals surface area contributed by atoms with E-state index < -0.39 is 5.97 Å². The minimum Gasteiger partial charge on any atom is -0.461 e. The van der Waals surface area contributed by atoms with Crippen LogP contribution in [0.15, 0.2) is 54.6 Å². The minimum atomic E-state index is -0.428. The average molecular weight is 412 g/mol. The molecule has 0 atom stereocenters. The molecule has 6 heteroatoms. The fourth-order valence-corrected chi connectivity index (χ4v) is 3.12. The van der Waals surface area contributed by atoms with Crippen LogP contribution in [0.4, 0.5) is 0 Å². The summed E-state index contributed by atoms with van der Waals surface area (Å²) in [6.45, 7) is 8.82. The molecule has 29 heavy (non-hydrogen) atoms. The van der Waals surface area contributed by atoms with Crippen molar-refractivity contribution in [3.63, 3.8) is 0 Å². The van der Waals surface area contributed by atoms with Crippen LogP contribution in [0.3, 0.4) is 0 Å². The fourth-order valence-electron chi connectivity index (χ4n) is 3.00. The second-order valence-electron chi connectivity index (χ2n) is 7.75. The highest BCUT2D eigenvalue weighted by molar-refractivity contribution is 6.30. The van der Waals surface area contributed by atoms with Gasteiger partial charge < -0.3 is 10.1 Å². The summed E-state index contributed by atoms with van der Waals surface area (Å²) in [7, 11) is 0. The number of aromatic nitrogens is 2. The number of carbonyl (C=O) groups excluding carboxylic acids is 1. The smallest absolute Gasteiger partial charge is 0.359 e. The number of esters is 1. The summed E-state index contributed by atoms with van der Waals surface area (Å²) in [6, 6.07) is 17.3. The van der Waals surface area contributed by atoms with Gasteiger partial charge in [-0.1, -0.05) is 41.9 Å². The molecule has 0 aliphatic carbocycles. The lowest BCUT2D eigenvalue weighted by atomic mass is 10.0. The van der Waals surface area contributed by atoms with Crippen LogP contribution in [0.2, 0.25) is 5.02 Å². The molecule has 0 aliphatic rings. The van der Waals surface area contributed by atoms with Crippen molar-refractivity contribution in [2.75, 3.05) is 6.61 Å². The Morgan fingerprint density at radius 1 is 1.10 bits per heavy atom. The number of nitrogens with zero attached hydrogens (tertiary/aromatic N) is 2. The summed E-state index contributed by atoms with van der Waals surface area (Å²) < 4.78 is 7.09. The van der Waals surface area contributed by atoms with E-state index >= 15 is 0 Å². The molecular weight excluding hydrogens is 386 g/mol. The Morgan fingerprint density at radius 2 is 1.76 bits per heavy atom. The zero-order chi connectivity index (χ0) is 21.0. The van der Waals surface area contributed by atoms with Gasteiger partial charge in [-0.15, -0.1) is 0 Å². The van der Waals surface area contributed by atoms with Gasteiger partial charge >= 0.3 is 5.97 Å². The van der Waals surface area contributed by atoms with Gasteiger partial charge in [0.15, 0.2) is 5.69 Å². The Balaban J connectivity index is 2.23. The van der Waals surface area contributed by atoms with Crippen LogP contribution < -0.4 is 5.32 Å². The van der Waals surface area contributed by atoms with E-state index in [9.17, 15) is 4.79 Å². The van der Waals surface area contributed by atoms with E-state index in [2.05, 4.69) is 31.2 Å². The van der Waals surface area contributed by atoms with Crippen LogP contribution in [0, 0.1) is 0 Å². The first-order valence-electron chi connectivity index (χ1n) is 9.65. The zero-order valence-corrected chi connectivity index (χ0v) is 18.0. The van der Waals surface area contributed by atoms with Gasteiger partial charge in [0.25, 0.3) is 0 Å². The van der Waals surface area contributed by atoms with Crippen molar-refractivity contribution in [1.29, 1.82) is 0 Å². The highest BCUT2D eigenvalue weighted by Gasteiger charge is 2.26. The van der Waals surface area contributed by atoms with E-state index in [0.717, 1.165) is 22.5 Å². The predicted molar refractivity (Wildman–Crippen MR) is 117 cm³/mol. The molecule has 0 spiro atoms. The van der Waals surface area contributed by atoms with Crippen molar-refractivity contribution >= 4 is 17.6 Å². The third kappa shape index (κ3) is 5.05. The van der Waals surface area contributed by atoms with E-state index in [1.54, 1.807) is 11.6 Å². The largest absolute Gasteiger partial charge is 0.461 e. The summed E-state index contributed by atoms with van der Waals surface area (Å²) in [5, 5.41) is 8.78. The molecule has 3 rings (SSSR count). The van der Waals surface area contributed by atoms with Gasteiger partial charge in [-0.3, -0.25) is 0 Å². The summed E-state index contributed by atoms with van der Waals surface area (Å²) in [5.74, 6) is -0.428. The lowest BCUT2D eigenvalue weighted by molar-refractivity contribution is 0.0517. The summed E-state index contributed by atoms with van der Waals surface area (Å²) in [5.41, 5.74) is 3.64. The molecule has 0 unspecified atom stereocenters. The molecule has 1 aromatic heterocycles. The van der Waals surface area contributed by atoms with Crippen LogP contribution in [-0.4, -0.2) is 27.9 Å². The number of carbonyl (C=O) groups is 1. The zero-order valence-electron chi connectivity index (χ0n) is 17.2. The number of benzene rings is 2. The maximum Gasteiger partial charge on any atom is 0.359 e. The molecule has 1 N–H and O–H groups in total. The molecule has 0 bridgehead atoms. The molecule has 152 valence electrons. The lowest BCUT2D eigenvalue weighted by Crippen LogP contribution is -2.35. The number of hydrogen-bond acceptors (Lipinski definition) is 4. The van der Waals surface area contributed by atoms with E-state index in [1.165, 1.54) is 0 Å². The van der Waals surface area contributed by atoms with Crippen molar-refractivity contribution in [2.24, 2.45) is 0 Å². The maximum atomic E-state index is 12.7. The van der Waals surface area contributed by atoms with E-state index in [-0.39, 0.29) is 5.54 Å². The van der Waals surface area contributed by atoms with Gasteiger partial charge in [-0.25, -0.2) is 9.48 Å². The first kappa shape index (κ1) is 21.1. The molecule has 0 amide bonds. The average Bonchev–Trinajstić information content (AvgIpc) is 3.07. The molecule has 0 saturated carbocycles.